The van der Waals surface area contributed by atoms with Crippen LogP contribution in [0.15, 0.2) is 24.3 Å². The van der Waals surface area contributed by atoms with Crippen LogP contribution in [-0.4, -0.2) is 44.1 Å². The molecule has 3 nitrogen and oxygen atoms in total. The maximum absolute atomic E-state index is 13.3. The van der Waals surface area contributed by atoms with Crippen molar-refractivity contribution in [2.45, 2.75) is 12.4 Å². The lowest BCUT2D eigenvalue weighted by Crippen LogP contribution is -2.45. The lowest BCUT2D eigenvalue weighted by atomic mass is 10.1. The zero-order chi connectivity index (χ0) is 14.6. The first-order valence-corrected chi connectivity index (χ1v) is 6.36. The van der Waals surface area contributed by atoms with E-state index in [4.69, 9.17) is 0 Å². The van der Waals surface area contributed by atoms with Gasteiger partial charge in [-0.15, -0.1) is 38.0 Å². The predicted molar refractivity (Wildman–Crippen MR) is 80.8 cm³/mol. The molecule has 0 aliphatic carbocycles. The Morgan fingerprint density at radius 3 is 2.36 bits per heavy atom. The highest BCUT2D eigenvalue weighted by atomic mass is 35.5. The van der Waals surface area contributed by atoms with Gasteiger partial charge in [-0.3, -0.25) is 4.90 Å². The number of ether oxygens (including phenoxy) is 1. The molecule has 0 amide bonds. The molecule has 0 aromatic heterocycles. The van der Waals surface area contributed by atoms with Crippen LogP contribution in [0.5, 0.6) is 5.75 Å². The van der Waals surface area contributed by atoms with Gasteiger partial charge in [0.05, 0.1) is 6.04 Å². The molecule has 9 heteroatoms. The summed E-state index contributed by atoms with van der Waals surface area (Å²) in [6.45, 7) is 2.18. The summed E-state index contributed by atoms with van der Waals surface area (Å²) in [5.41, 5.74) is 0.496. The van der Waals surface area contributed by atoms with Gasteiger partial charge in [0.25, 0.3) is 0 Å². The summed E-state index contributed by atoms with van der Waals surface area (Å²) < 4.78 is 53.7. The van der Waals surface area contributed by atoms with Gasteiger partial charge in [0, 0.05) is 26.2 Å². The van der Waals surface area contributed by atoms with Gasteiger partial charge in [-0.05, 0) is 17.7 Å². The second-order valence-electron chi connectivity index (χ2n) is 4.58. The van der Waals surface area contributed by atoms with Gasteiger partial charge in [0.2, 0.25) is 0 Å². The molecule has 1 aromatic rings. The number of nitrogens with one attached hydrogen (secondary N) is 1. The van der Waals surface area contributed by atoms with Gasteiger partial charge < -0.3 is 10.1 Å². The van der Waals surface area contributed by atoms with Crippen LogP contribution in [0, 0.1) is 0 Å². The maximum atomic E-state index is 13.3. The number of halogens is 6. The average molecular weight is 365 g/mol. The zero-order valence-corrected chi connectivity index (χ0v) is 13.2. The van der Waals surface area contributed by atoms with Crippen LogP contribution in [0.2, 0.25) is 0 Å². The lowest BCUT2D eigenvalue weighted by Gasteiger charge is -2.33. The van der Waals surface area contributed by atoms with Crippen LogP contribution in [-0.2, 0) is 0 Å². The topological polar surface area (TPSA) is 24.5 Å². The highest BCUT2D eigenvalue weighted by Crippen LogP contribution is 2.28. The van der Waals surface area contributed by atoms with Gasteiger partial charge in [-0.25, -0.2) is 4.39 Å². The van der Waals surface area contributed by atoms with E-state index in [2.05, 4.69) is 10.1 Å². The Bertz CT molecular complexity index is 442. The monoisotopic (exact) mass is 364 g/mol. The van der Waals surface area contributed by atoms with Gasteiger partial charge >= 0.3 is 6.36 Å². The third kappa shape index (κ3) is 6.16. The van der Waals surface area contributed by atoms with Crippen molar-refractivity contribution in [3.63, 3.8) is 0 Å². The first kappa shape index (κ1) is 21.2. The van der Waals surface area contributed by atoms with Crippen molar-refractivity contribution >= 4 is 24.8 Å². The fraction of sp³-hybridized carbons (Fsp3) is 0.538. The van der Waals surface area contributed by atoms with E-state index in [-0.39, 0.29) is 30.6 Å². The van der Waals surface area contributed by atoms with Crippen LogP contribution in [0.25, 0.3) is 0 Å². The molecule has 1 aromatic carbocycles. The van der Waals surface area contributed by atoms with Crippen LogP contribution < -0.4 is 10.1 Å². The summed E-state index contributed by atoms with van der Waals surface area (Å²) in [6.07, 6.45) is -4.74. The predicted octanol–water partition coefficient (Wildman–Crippen LogP) is 3.34. The highest BCUT2D eigenvalue weighted by molar-refractivity contribution is 5.85. The minimum atomic E-state index is -4.74. The lowest BCUT2D eigenvalue weighted by molar-refractivity contribution is -0.274. The molecule has 0 saturated carbocycles. The second-order valence-corrected chi connectivity index (χ2v) is 4.58. The number of alkyl halides is 4. The molecule has 0 spiro atoms. The standard InChI is InChI=1S/C13H16F4N2O.2ClH/c14-9-12(19-6-4-18-5-7-19)10-2-1-3-11(8-10)20-13(15,16)17;;/h1-3,8,12,18H,4-7,9H2;2*1H/t12-;;/m1../s1. The molecule has 2 rings (SSSR count). The van der Waals surface area contributed by atoms with Crippen molar-refractivity contribution in [1.29, 1.82) is 0 Å². The highest BCUT2D eigenvalue weighted by Gasteiger charge is 2.31. The van der Waals surface area contributed by atoms with E-state index in [1.165, 1.54) is 18.2 Å². The smallest absolute Gasteiger partial charge is 0.406 e. The van der Waals surface area contributed by atoms with Crippen LogP contribution in [0.4, 0.5) is 17.6 Å². The summed E-state index contributed by atoms with van der Waals surface area (Å²) in [5.74, 6) is -0.316. The van der Waals surface area contributed by atoms with Crippen molar-refractivity contribution in [3.8, 4) is 5.75 Å². The number of benzene rings is 1. The largest absolute Gasteiger partial charge is 0.573 e. The van der Waals surface area contributed by atoms with Crippen LogP contribution in [0.1, 0.15) is 11.6 Å². The molecule has 1 aliphatic heterocycles. The van der Waals surface area contributed by atoms with Gasteiger partial charge in [0.15, 0.2) is 0 Å². The third-order valence-electron chi connectivity index (χ3n) is 3.21. The molecule has 0 unspecified atom stereocenters. The average Bonchev–Trinajstić information content (AvgIpc) is 2.39. The number of rotatable bonds is 4. The molecule has 1 atom stereocenters. The van der Waals surface area contributed by atoms with Gasteiger partial charge in [-0.2, -0.15) is 0 Å². The Morgan fingerprint density at radius 2 is 1.82 bits per heavy atom. The minimum Gasteiger partial charge on any atom is -0.406 e. The number of nitrogens with zero attached hydrogens (tertiary/aromatic N) is 1. The molecule has 22 heavy (non-hydrogen) atoms. The Hall–Kier alpha value is -0.760. The van der Waals surface area contributed by atoms with Crippen molar-refractivity contribution < 1.29 is 22.3 Å². The summed E-state index contributed by atoms with van der Waals surface area (Å²) in [6, 6.07) is 4.99. The number of piperazine rings is 1. The number of hydrogen-bond donors (Lipinski definition) is 1. The SMILES string of the molecule is Cl.Cl.FC[C@H](c1cccc(OC(F)(F)F)c1)N1CCNCC1. The fourth-order valence-electron chi connectivity index (χ4n) is 2.31. The molecule has 1 aliphatic rings. The molecule has 128 valence electrons. The minimum absolute atomic E-state index is 0. The Morgan fingerprint density at radius 1 is 1.18 bits per heavy atom. The Balaban J connectivity index is 0.00000220. The van der Waals surface area contributed by atoms with Crippen molar-refractivity contribution in [2.24, 2.45) is 0 Å². The Kier molecular flexibility index (Phi) is 9.07. The van der Waals surface area contributed by atoms with E-state index in [0.29, 0.717) is 18.7 Å². The Labute approximate surface area is 138 Å². The normalized spacial score (nSPS) is 17.1. The number of hydrogen-bond acceptors (Lipinski definition) is 3. The van der Waals surface area contributed by atoms with E-state index in [1.807, 2.05) is 4.90 Å². The van der Waals surface area contributed by atoms with Gasteiger partial charge in [-0.1, -0.05) is 12.1 Å². The quantitative estimate of drug-likeness (QED) is 0.829. The fourth-order valence-corrected chi connectivity index (χ4v) is 2.31. The van der Waals surface area contributed by atoms with E-state index < -0.39 is 19.1 Å². The van der Waals surface area contributed by atoms with Gasteiger partial charge in [0.1, 0.15) is 12.4 Å². The van der Waals surface area contributed by atoms with Crippen molar-refractivity contribution in [3.05, 3.63) is 29.8 Å². The van der Waals surface area contributed by atoms with E-state index >= 15 is 0 Å². The summed E-state index contributed by atoms with van der Waals surface area (Å²) in [4.78, 5) is 1.92. The zero-order valence-electron chi connectivity index (χ0n) is 11.6. The van der Waals surface area contributed by atoms with Crippen molar-refractivity contribution in [1.82, 2.24) is 10.2 Å². The molecule has 1 fully saturated rings. The van der Waals surface area contributed by atoms with Crippen LogP contribution in [0.3, 0.4) is 0 Å². The van der Waals surface area contributed by atoms with E-state index in [0.717, 1.165) is 13.1 Å². The van der Waals surface area contributed by atoms with E-state index in [9.17, 15) is 17.6 Å². The summed E-state index contributed by atoms with van der Waals surface area (Å²) >= 11 is 0. The first-order chi connectivity index (χ1) is 9.49. The summed E-state index contributed by atoms with van der Waals surface area (Å²) in [5, 5.41) is 3.15. The molecular formula is C13H18Cl2F4N2O. The molecular weight excluding hydrogens is 347 g/mol. The molecule has 1 N–H and O–H groups in total. The first-order valence-electron chi connectivity index (χ1n) is 6.36. The molecule has 1 heterocycles. The molecule has 0 bridgehead atoms. The summed E-state index contributed by atoms with van der Waals surface area (Å²) in [7, 11) is 0. The second kappa shape index (κ2) is 9.39. The van der Waals surface area contributed by atoms with Crippen LogP contribution >= 0.6 is 24.8 Å². The molecule has 0 radical (unpaired) electrons. The molecule has 1 saturated heterocycles. The maximum Gasteiger partial charge on any atom is 0.573 e. The van der Waals surface area contributed by atoms with E-state index in [1.54, 1.807) is 6.07 Å². The van der Waals surface area contributed by atoms with Crippen molar-refractivity contribution in [2.75, 3.05) is 32.9 Å². The third-order valence-corrected chi connectivity index (χ3v) is 3.21.